The number of aryl methyl sites for hydroxylation is 1. The minimum atomic E-state index is -0.395. The van der Waals surface area contributed by atoms with Gasteiger partial charge in [0, 0.05) is 26.1 Å². The lowest BCUT2D eigenvalue weighted by Crippen LogP contribution is -2.04. The van der Waals surface area contributed by atoms with E-state index in [9.17, 15) is 9.59 Å². The molecule has 68 valence electrons. The van der Waals surface area contributed by atoms with Gasteiger partial charge in [-0.2, -0.15) is 0 Å². The Labute approximate surface area is 75.1 Å². The lowest BCUT2D eigenvalue weighted by molar-refractivity contribution is -0.131. The van der Waals surface area contributed by atoms with Gasteiger partial charge in [0.2, 0.25) is 0 Å². The van der Waals surface area contributed by atoms with Crippen LogP contribution in [0.4, 0.5) is 0 Å². The number of ketones is 1. The first-order chi connectivity index (χ1) is 6.18. The van der Waals surface area contributed by atoms with E-state index in [4.69, 9.17) is 4.74 Å². The van der Waals surface area contributed by atoms with Gasteiger partial charge < -0.3 is 9.30 Å². The molecule has 0 aromatic carbocycles. The number of aromatic nitrogens is 1. The highest BCUT2D eigenvalue weighted by atomic mass is 16.5. The summed E-state index contributed by atoms with van der Waals surface area (Å²) in [6, 6.07) is 1.65. The fraction of sp³-hybridized carbons (Fsp3) is 0.333. The first kappa shape index (κ1) is 8.04. The van der Waals surface area contributed by atoms with E-state index in [-0.39, 0.29) is 5.78 Å². The number of carbonyl (C=O) groups is 2. The number of nitrogens with zero attached hydrogens (tertiary/aromatic N) is 1. The molecule has 0 N–H and O–H groups in total. The summed E-state index contributed by atoms with van der Waals surface area (Å²) >= 11 is 0. The summed E-state index contributed by atoms with van der Waals surface area (Å²) in [5.74, 6) is 0.0324. The zero-order chi connectivity index (χ0) is 9.42. The van der Waals surface area contributed by atoms with Crippen LogP contribution in [0.3, 0.4) is 0 Å². The number of fused-ring (bicyclic) bond motifs is 1. The maximum Gasteiger partial charge on any atom is 0.308 e. The molecule has 0 fully saturated rings. The molecule has 0 radical (unpaired) electrons. The predicted molar refractivity (Wildman–Crippen MR) is 44.7 cm³/mol. The first-order valence-corrected chi connectivity index (χ1v) is 4.09. The minimum absolute atomic E-state index is 0.0428. The largest absolute Gasteiger partial charge is 0.424 e. The highest BCUT2D eigenvalue weighted by molar-refractivity contribution is 5.99. The molecule has 0 unspecified atom stereocenters. The quantitative estimate of drug-likeness (QED) is 0.604. The Morgan fingerprint density at radius 2 is 2.38 bits per heavy atom. The smallest absolute Gasteiger partial charge is 0.308 e. The zero-order valence-electron chi connectivity index (χ0n) is 7.24. The first-order valence-electron chi connectivity index (χ1n) is 4.09. The number of ether oxygens (including phenoxy) is 1. The van der Waals surface area contributed by atoms with Crippen molar-refractivity contribution in [3.05, 3.63) is 18.0 Å². The van der Waals surface area contributed by atoms with Crippen molar-refractivity contribution in [1.29, 1.82) is 0 Å². The highest BCUT2D eigenvalue weighted by Gasteiger charge is 2.24. The van der Waals surface area contributed by atoms with E-state index in [2.05, 4.69) is 0 Å². The van der Waals surface area contributed by atoms with Gasteiger partial charge in [0.05, 0.1) is 0 Å². The number of Topliss-reactive ketones (excluding diaryl/α,β-unsaturated/α-hetero) is 1. The topological polar surface area (TPSA) is 48.3 Å². The molecule has 1 aromatic rings. The van der Waals surface area contributed by atoms with Crippen LogP contribution in [0.1, 0.15) is 23.8 Å². The molecule has 4 heteroatoms. The molecule has 1 aliphatic rings. The summed E-state index contributed by atoms with van der Waals surface area (Å²) in [5, 5.41) is 0. The van der Waals surface area contributed by atoms with Gasteiger partial charge in [-0.3, -0.25) is 9.59 Å². The summed E-state index contributed by atoms with van der Waals surface area (Å²) in [6.07, 6.45) is 2.27. The Morgan fingerprint density at radius 1 is 1.62 bits per heavy atom. The van der Waals surface area contributed by atoms with E-state index in [1.807, 2.05) is 0 Å². The third-order valence-electron chi connectivity index (χ3n) is 2.02. The van der Waals surface area contributed by atoms with Crippen molar-refractivity contribution in [2.75, 3.05) is 0 Å². The maximum absolute atomic E-state index is 11.3. The van der Waals surface area contributed by atoms with Crippen molar-refractivity contribution in [3.8, 4) is 5.75 Å². The molecular weight excluding hydrogens is 170 g/mol. The Balaban J connectivity index is 2.38. The second-order valence-electron chi connectivity index (χ2n) is 2.99. The summed E-state index contributed by atoms with van der Waals surface area (Å²) in [7, 11) is 0. The van der Waals surface area contributed by atoms with Crippen molar-refractivity contribution in [1.82, 2.24) is 4.57 Å². The molecule has 0 bridgehead atoms. The Morgan fingerprint density at radius 3 is 3.08 bits per heavy atom. The van der Waals surface area contributed by atoms with Crippen LogP contribution in [0, 0.1) is 0 Å². The fourth-order valence-electron chi connectivity index (χ4n) is 1.51. The van der Waals surface area contributed by atoms with Gasteiger partial charge in [-0.05, 0) is 6.07 Å². The average molecular weight is 179 g/mol. The van der Waals surface area contributed by atoms with Crippen molar-refractivity contribution < 1.29 is 14.3 Å². The molecule has 0 spiro atoms. The van der Waals surface area contributed by atoms with E-state index in [0.29, 0.717) is 24.4 Å². The van der Waals surface area contributed by atoms with Gasteiger partial charge in [-0.25, -0.2) is 0 Å². The van der Waals surface area contributed by atoms with Crippen LogP contribution in [0.2, 0.25) is 0 Å². The summed E-state index contributed by atoms with van der Waals surface area (Å²) in [4.78, 5) is 22.0. The maximum atomic E-state index is 11.3. The van der Waals surface area contributed by atoms with E-state index in [1.165, 1.54) is 6.92 Å². The third kappa shape index (κ3) is 1.24. The van der Waals surface area contributed by atoms with Crippen LogP contribution in [-0.2, 0) is 11.3 Å². The van der Waals surface area contributed by atoms with Gasteiger partial charge in [0.25, 0.3) is 0 Å². The van der Waals surface area contributed by atoms with E-state index in [0.717, 1.165) is 0 Å². The Bertz CT molecular complexity index is 378. The van der Waals surface area contributed by atoms with Gasteiger partial charge >= 0.3 is 5.97 Å². The predicted octanol–water partition coefficient (Wildman–Crippen LogP) is 1.000. The standard InChI is InChI=1S/C9H9NO3/c1-6(11)13-8-3-5-10-4-2-7(12)9(8)10/h3,5H,2,4H2,1H3. The molecule has 2 heterocycles. The minimum Gasteiger partial charge on any atom is -0.424 e. The van der Waals surface area contributed by atoms with Gasteiger partial charge in [-0.15, -0.1) is 0 Å². The molecular formula is C9H9NO3. The van der Waals surface area contributed by atoms with Crippen LogP contribution in [0.15, 0.2) is 12.3 Å². The second kappa shape index (κ2) is 2.73. The number of hydrogen-bond acceptors (Lipinski definition) is 3. The SMILES string of the molecule is CC(=O)Oc1ccn2c1C(=O)CC2. The fourth-order valence-corrected chi connectivity index (χ4v) is 1.51. The van der Waals surface area contributed by atoms with E-state index < -0.39 is 5.97 Å². The highest BCUT2D eigenvalue weighted by Crippen LogP contribution is 2.26. The van der Waals surface area contributed by atoms with Crippen LogP contribution in [0.5, 0.6) is 5.75 Å². The van der Waals surface area contributed by atoms with Crippen molar-refractivity contribution >= 4 is 11.8 Å². The summed E-state index contributed by atoms with van der Waals surface area (Å²) in [5.41, 5.74) is 0.523. The zero-order valence-corrected chi connectivity index (χ0v) is 7.24. The van der Waals surface area contributed by atoms with Gasteiger partial charge in [0.15, 0.2) is 11.5 Å². The molecule has 1 aromatic heterocycles. The monoisotopic (exact) mass is 179 g/mol. The van der Waals surface area contributed by atoms with E-state index in [1.54, 1.807) is 16.8 Å². The normalized spacial score (nSPS) is 14.4. The molecule has 1 aliphatic heterocycles. The van der Waals surface area contributed by atoms with E-state index >= 15 is 0 Å². The average Bonchev–Trinajstić information content (AvgIpc) is 2.56. The number of esters is 1. The van der Waals surface area contributed by atoms with Crippen molar-refractivity contribution in [2.24, 2.45) is 0 Å². The molecule has 0 aliphatic carbocycles. The van der Waals surface area contributed by atoms with Gasteiger partial charge in [0.1, 0.15) is 5.69 Å². The number of rotatable bonds is 1. The Hall–Kier alpha value is -1.58. The van der Waals surface area contributed by atoms with Crippen LogP contribution < -0.4 is 4.74 Å². The van der Waals surface area contributed by atoms with Crippen LogP contribution >= 0.6 is 0 Å². The molecule has 0 amide bonds. The Kier molecular flexibility index (Phi) is 1.69. The van der Waals surface area contributed by atoms with Gasteiger partial charge in [-0.1, -0.05) is 0 Å². The molecule has 0 atom stereocenters. The van der Waals surface area contributed by atoms with Crippen LogP contribution in [0.25, 0.3) is 0 Å². The molecule has 0 saturated carbocycles. The molecule has 0 saturated heterocycles. The summed E-state index contributed by atoms with van der Waals surface area (Å²) in [6.45, 7) is 2.01. The second-order valence-corrected chi connectivity index (χ2v) is 2.99. The lowest BCUT2D eigenvalue weighted by atomic mass is 10.2. The molecule has 13 heavy (non-hydrogen) atoms. The number of carbonyl (C=O) groups excluding carboxylic acids is 2. The lowest BCUT2D eigenvalue weighted by Gasteiger charge is -1.99. The third-order valence-corrected chi connectivity index (χ3v) is 2.02. The van der Waals surface area contributed by atoms with Crippen molar-refractivity contribution in [3.63, 3.8) is 0 Å². The van der Waals surface area contributed by atoms with Crippen molar-refractivity contribution in [2.45, 2.75) is 19.9 Å². The number of hydrogen-bond donors (Lipinski definition) is 0. The molecule has 2 rings (SSSR count). The van der Waals surface area contributed by atoms with Crippen LogP contribution in [-0.4, -0.2) is 16.3 Å². The molecule has 4 nitrogen and oxygen atoms in total. The summed E-state index contributed by atoms with van der Waals surface area (Å²) < 4.78 is 6.69.